The highest BCUT2D eigenvalue weighted by Gasteiger charge is 1.95. The molecule has 0 spiro atoms. The van der Waals surface area contributed by atoms with E-state index in [2.05, 4.69) is 16.8 Å². The number of hydrogen-bond donors (Lipinski definition) is 0. The quantitative estimate of drug-likeness (QED) is 0.582. The lowest BCUT2D eigenvalue weighted by atomic mass is 10.3. The van der Waals surface area contributed by atoms with E-state index in [0.717, 1.165) is 5.56 Å². The maximum absolute atomic E-state index is 11.8. The van der Waals surface area contributed by atoms with Crippen molar-refractivity contribution in [3.63, 3.8) is 0 Å². The normalized spacial score (nSPS) is 9.20. The van der Waals surface area contributed by atoms with Crippen LogP contribution in [0.25, 0.3) is 0 Å². The van der Waals surface area contributed by atoms with Crippen LogP contribution in [-0.2, 0) is 0 Å². The van der Waals surface area contributed by atoms with Crippen LogP contribution in [0.5, 0.6) is 5.75 Å². The molecule has 0 radical (unpaired) electrons. The molecule has 0 unspecified atom stereocenters. The first-order chi connectivity index (χ1) is 7.36. The molecule has 0 saturated heterocycles. The van der Waals surface area contributed by atoms with Gasteiger partial charge in [-0.15, -0.1) is 11.6 Å². The van der Waals surface area contributed by atoms with Crippen LogP contribution in [0.15, 0.2) is 18.5 Å². The summed E-state index contributed by atoms with van der Waals surface area (Å²) < 4.78 is 16.9. The summed E-state index contributed by atoms with van der Waals surface area (Å²) in [5, 5.41) is 0. The van der Waals surface area contributed by atoms with Gasteiger partial charge in [0.1, 0.15) is 19.0 Å². The molecule has 80 valence electrons. The van der Waals surface area contributed by atoms with E-state index in [0.29, 0.717) is 18.1 Å². The van der Waals surface area contributed by atoms with E-state index in [9.17, 15) is 4.39 Å². The first-order valence-electron chi connectivity index (χ1n) is 4.55. The lowest BCUT2D eigenvalue weighted by molar-refractivity contribution is 0.272. The maximum atomic E-state index is 11.8. The summed E-state index contributed by atoms with van der Waals surface area (Å²) in [6.45, 7) is -0.470. The molecule has 0 bridgehead atoms. The predicted octanol–water partition coefficient (Wildman–Crippen LogP) is 2.41. The highest BCUT2D eigenvalue weighted by Crippen LogP contribution is 2.10. The van der Waals surface area contributed by atoms with E-state index in [1.807, 2.05) is 0 Å². The fraction of sp³-hybridized carbons (Fsp3) is 0.364. The smallest absolute Gasteiger partial charge is 0.138 e. The molecule has 1 rings (SSSR count). The van der Waals surface area contributed by atoms with Gasteiger partial charge in [0.15, 0.2) is 0 Å². The van der Waals surface area contributed by atoms with Crippen LogP contribution in [0.1, 0.15) is 12.0 Å². The summed E-state index contributed by atoms with van der Waals surface area (Å²) in [5.74, 6) is 6.82. The summed E-state index contributed by atoms with van der Waals surface area (Å²) in [7, 11) is 0. The molecule has 0 fully saturated rings. The zero-order valence-electron chi connectivity index (χ0n) is 8.17. The van der Waals surface area contributed by atoms with Gasteiger partial charge in [-0.2, -0.15) is 0 Å². The van der Waals surface area contributed by atoms with Gasteiger partial charge in [-0.3, -0.25) is 4.98 Å². The molecule has 0 amide bonds. The van der Waals surface area contributed by atoms with Crippen molar-refractivity contribution in [2.75, 3.05) is 19.2 Å². The molecule has 1 aromatic rings. The predicted molar refractivity (Wildman–Crippen MR) is 57.9 cm³/mol. The number of nitrogens with zero attached hydrogens (tertiary/aromatic N) is 1. The minimum absolute atomic E-state index is 0.0419. The third-order valence-corrected chi connectivity index (χ3v) is 1.70. The molecule has 0 atom stereocenters. The number of aromatic nitrogens is 1. The van der Waals surface area contributed by atoms with Gasteiger partial charge in [-0.05, 0) is 6.07 Å². The van der Waals surface area contributed by atoms with Crippen molar-refractivity contribution in [1.29, 1.82) is 0 Å². The average molecular weight is 228 g/mol. The minimum atomic E-state index is -0.512. The fourth-order valence-electron chi connectivity index (χ4n) is 0.934. The van der Waals surface area contributed by atoms with Crippen LogP contribution in [0.3, 0.4) is 0 Å². The van der Waals surface area contributed by atoms with Gasteiger partial charge < -0.3 is 4.74 Å². The highest BCUT2D eigenvalue weighted by atomic mass is 35.5. The van der Waals surface area contributed by atoms with Crippen LogP contribution in [-0.4, -0.2) is 24.1 Å². The van der Waals surface area contributed by atoms with E-state index in [-0.39, 0.29) is 6.61 Å². The molecule has 0 N–H and O–H groups in total. The highest BCUT2D eigenvalue weighted by molar-refractivity contribution is 6.18. The maximum Gasteiger partial charge on any atom is 0.138 e. The Kier molecular flexibility index (Phi) is 5.57. The van der Waals surface area contributed by atoms with E-state index < -0.39 is 6.67 Å². The first kappa shape index (κ1) is 11.8. The first-order valence-corrected chi connectivity index (χ1v) is 5.09. The molecule has 1 aromatic heterocycles. The molecular formula is C11H11ClFNO. The van der Waals surface area contributed by atoms with Gasteiger partial charge in [0.25, 0.3) is 0 Å². The van der Waals surface area contributed by atoms with E-state index >= 15 is 0 Å². The van der Waals surface area contributed by atoms with Crippen molar-refractivity contribution >= 4 is 11.6 Å². The van der Waals surface area contributed by atoms with E-state index in [1.165, 1.54) is 6.20 Å². The summed E-state index contributed by atoms with van der Waals surface area (Å²) in [4.78, 5) is 3.93. The zero-order chi connectivity index (χ0) is 10.9. The number of rotatable bonds is 4. The Balaban J connectivity index is 2.62. The third-order valence-electron chi connectivity index (χ3n) is 1.51. The molecule has 0 aliphatic rings. The van der Waals surface area contributed by atoms with Gasteiger partial charge >= 0.3 is 0 Å². The summed E-state index contributed by atoms with van der Waals surface area (Å²) >= 11 is 5.48. The van der Waals surface area contributed by atoms with Crippen molar-refractivity contribution < 1.29 is 9.13 Å². The van der Waals surface area contributed by atoms with Crippen molar-refractivity contribution in [1.82, 2.24) is 4.98 Å². The Bertz CT molecular complexity index is 359. The Morgan fingerprint density at radius 3 is 3.07 bits per heavy atom. The van der Waals surface area contributed by atoms with Gasteiger partial charge in [-0.1, -0.05) is 11.8 Å². The Morgan fingerprint density at radius 1 is 1.47 bits per heavy atom. The van der Waals surface area contributed by atoms with Crippen molar-refractivity contribution in [3.8, 4) is 17.6 Å². The summed E-state index contributed by atoms with van der Waals surface area (Å²) in [6, 6.07) is 1.73. The summed E-state index contributed by atoms with van der Waals surface area (Å²) in [6.07, 6.45) is 3.79. The molecule has 15 heavy (non-hydrogen) atoms. The molecule has 0 aromatic carbocycles. The molecular weight excluding hydrogens is 217 g/mol. The standard InChI is InChI=1S/C11H11ClFNO/c12-4-2-1-3-10-7-11(9-14-8-10)15-6-5-13/h7-9H,2,4-6H2. The van der Waals surface area contributed by atoms with Crippen LogP contribution >= 0.6 is 11.6 Å². The number of pyridine rings is 1. The van der Waals surface area contributed by atoms with Crippen molar-refractivity contribution in [2.24, 2.45) is 0 Å². The second-order valence-electron chi connectivity index (χ2n) is 2.69. The van der Waals surface area contributed by atoms with Gasteiger partial charge in [-0.25, -0.2) is 4.39 Å². The van der Waals surface area contributed by atoms with Gasteiger partial charge in [0.2, 0.25) is 0 Å². The number of ether oxygens (including phenoxy) is 1. The lowest BCUT2D eigenvalue weighted by Gasteiger charge is -2.02. The Morgan fingerprint density at radius 2 is 2.33 bits per heavy atom. The fourth-order valence-corrected chi connectivity index (χ4v) is 1.03. The lowest BCUT2D eigenvalue weighted by Crippen LogP contribution is -1.99. The van der Waals surface area contributed by atoms with Gasteiger partial charge in [0.05, 0.1) is 6.20 Å². The van der Waals surface area contributed by atoms with Crippen LogP contribution in [0, 0.1) is 11.8 Å². The Hall–Kier alpha value is -1.27. The molecule has 0 aliphatic heterocycles. The zero-order valence-corrected chi connectivity index (χ0v) is 8.93. The van der Waals surface area contributed by atoms with Crippen LogP contribution in [0.4, 0.5) is 4.39 Å². The molecule has 4 heteroatoms. The number of halogens is 2. The minimum Gasteiger partial charge on any atom is -0.489 e. The molecule has 0 saturated carbocycles. The molecule has 1 heterocycles. The van der Waals surface area contributed by atoms with Crippen molar-refractivity contribution in [3.05, 3.63) is 24.0 Å². The van der Waals surface area contributed by atoms with Gasteiger partial charge in [0, 0.05) is 24.1 Å². The van der Waals surface area contributed by atoms with Crippen LogP contribution < -0.4 is 4.74 Å². The molecule has 0 aliphatic carbocycles. The number of alkyl halides is 2. The Labute approximate surface area is 93.4 Å². The average Bonchev–Trinajstić information content (AvgIpc) is 2.27. The topological polar surface area (TPSA) is 22.1 Å². The monoisotopic (exact) mass is 227 g/mol. The van der Waals surface area contributed by atoms with E-state index in [4.69, 9.17) is 16.3 Å². The van der Waals surface area contributed by atoms with Crippen LogP contribution in [0.2, 0.25) is 0 Å². The second-order valence-corrected chi connectivity index (χ2v) is 3.07. The van der Waals surface area contributed by atoms with Crippen molar-refractivity contribution in [2.45, 2.75) is 6.42 Å². The number of hydrogen-bond acceptors (Lipinski definition) is 2. The molecule has 2 nitrogen and oxygen atoms in total. The van der Waals surface area contributed by atoms with E-state index in [1.54, 1.807) is 12.3 Å². The summed E-state index contributed by atoms with van der Waals surface area (Å²) in [5.41, 5.74) is 0.747. The second kappa shape index (κ2) is 7.08. The third kappa shape index (κ3) is 4.66. The SMILES string of the molecule is FCCOc1cncc(C#CCCCl)c1. The largest absolute Gasteiger partial charge is 0.489 e.